The predicted octanol–water partition coefficient (Wildman–Crippen LogP) is 12.0. The lowest BCUT2D eigenvalue weighted by Crippen LogP contribution is -2.62. The molecule has 6 aliphatic rings. The highest BCUT2D eigenvalue weighted by Crippen LogP contribution is 2.54. The van der Waals surface area contributed by atoms with Gasteiger partial charge < -0.3 is 20.9 Å². The number of Topliss-reactive ketones (excluding diaryl/α,β-unsaturated/α-hetero) is 2. The predicted molar refractivity (Wildman–Crippen MR) is 389 cm³/mol. The Balaban J connectivity index is 0.000000190. The molecule has 11 heterocycles. The van der Waals surface area contributed by atoms with E-state index in [2.05, 4.69) is 53.0 Å². The van der Waals surface area contributed by atoms with Crippen LogP contribution in [0.25, 0.3) is 0 Å². The van der Waals surface area contributed by atoms with Gasteiger partial charge in [0, 0.05) is 54.5 Å². The van der Waals surface area contributed by atoms with Crippen molar-refractivity contribution < 1.29 is 80.8 Å². The van der Waals surface area contributed by atoms with Crippen LogP contribution >= 0.6 is 0 Å². The Bertz CT molecular complexity index is 5140. The lowest BCUT2D eigenvalue weighted by atomic mass is 9.87. The van der Waals surface area contributed by atoms with Crippen molar-refractivity contribution in [2.24, 2.45) is 33.8 Å². The second-order valence-electron chi connectivity index (χ2n) is 31.4. The number of aromatic nitrogens is 5. The number of esters is 2. The number of ether oxygens (including phenoxy) is 2. The van der Waals surface area contributed by atoms with Gasteiger partial charge in [-0.05, 0) is 165 Å². The molecule has 0 aliphatic carbocycles. The van der Waals surface area contributed by atoms with Crippen LogP contribution < -0.4 is 11.5 Å². The van der Waals surface area contributed by atoms with E-state index in [0.29, 0.717) is 0 Å². The van der Waals surface area contributed by atoms with E-state index in [4.69, 9.17) is 31.5 Å². The van der Waals surface area contributed by atoms with Crippen molar-refractivity contribution >= 4 is 75.8 Å². The van der Waals surface area contributed by atoms with Gasteiger partial charge in [0.15, 0.2) is 11.6 Å². The number of anilines is 1. The number of carbonyl (C=O) groups is 4. The Morgan fingerprint density at radius 1 is 0.477 bits per heavy atom. The monoisotopic (exact) mass is 1580 g/mol. The molecule has 6 aliphatic heterocycles. The quantitative estimate of drug-likeness (QED) is 0.0628. The molecule has 0 aromatic carbocycles. The second kappa shape index (κ2) is 28.9. The van der Waals surface area contributed by atoms with Crippen molar-refractivity contribution in [2.75, 3.05) is 25.4 Å². The van der Waals surface area contributed by atoms with Crippen LogP contribution in [0.3, 0.4) is 0 Å². The fourth-order valence-corrected chi connectivity index (χ4v) is 23.6. The summed E-state index contributed by atoms with van der Waals surface area (Å²) in [6.07, 6.45) is -1.39. The topological polar surface area (TPSA) is 376 Å². The van der Waals surface area contributed by atoms with Gasteiger partial charge in [-0.25, -0.2) is 70.2 Å². The average molecular weight is 1580 g/mol. The zero-order valence-electron chi connectivity index (χ0n) is 62.5. The van der Waals surface area contributed by atoms with Gasteiger partial charge in [-0.3, -0.25) is 54.1 Å². The summed E-state index contributed by atoms with van der Waals surface area (Å²) in [5.74, 6) is -14.8. The van der Waals surface area contributed by atoms with Crippen LogP contribution in [0.15, 0.2) is 101 Å². The zero-order valence-corrected chi connectivity index (χ0v) is 64.9. The first kappa shape index (κ1) is 83.9. The van der Waals surface area contributed by atoms with E-state index in [1.165, 1.54) is 103 Å². The van der Waals surface area contributed by atoms with Crippen LogP contribution in [-0.4, -0.2) is 157 Å². The standard InChI is InChI=1S/C29H32F3N5O4S.C23H23F3N6O2S.C21H29F3N4O3S/c1-26(2,3)41-24(39)12-22-27(4,5)42(40)23(13-29(31,32)16-35-42)28(6,37-22)25-19(30)9-8-18(36-25)11-21(38)20-10-7-17(14-33)15-34-20;1-21(2)20(28)32-22(3,18-9-23(25,26)12-30-35(18,21)34)19-15(24)6-5-14(31-19)8-17(33)16-7-4-13(10-27)11-29-16;1-18(2,3)31-16(29)9-13-19(4,5)32(30)14(10-21(23,24)11-26-32)20(6,28-13)17-12(22)7-8-15(25)27-17/h7-10,15,23H,11-13,16H2,1-6H3;4-7,11,18H,8-9,12H2,1-3H3,(H2,28,32);7-8,14H,9-11H2,1-6H3,(H2,25,27)/t23-,28+,42-;18-,22+,35-;14-,20+,32-/m111/s1. The third-order valence-corrected chi connectivity index (χ3v) is 30.7. The van der Waals surface area contributed by atoms with Gasteiger partial charge in [0.05, 0.1) is 91.2 Å². The Kier molecular flexibility index (Phi) is 22.3. The molecule has 4 N–H and O–H groups in total. The molecule has 11 rings (SSSR count). The number of aliphatic imine (C=N–C) groups is 3. The van der Waals surface area contributed by atoms with Crippen molar-refractivity contribution in [3.05, 3.63) is 141 Å². The third-order valence-electron chi connectivity index (χ3n) is 19.9. The Morgan fingerprint density at radius 3 is 1.12 bits per heavy atom. The van der Waals surface area contributed by atoms with Gasteiger partial charge in [0.25, 0.3) is 17.8 Å². The number of nitrogens with two attached hydrogens (primary N) is 2. The number of alkyl halides is 6. The molecule has 586 valence electrons. The number of nitrogens with zero attached hydrogens (tertiary/aromatic N) is 13. The van der Waals surface area contributed by atoms with E-state index in [9.17, 15) is 62.5 Å². The maximum absolute atomic E-state index is 15.6. The van der Waals surface area contributed by atoms with Crippen LogP contribution in [0.1, 0.15) is 197 Å². The highest BCUT2D eigenvalue weighted by Gasteiger charge is 2.64. The molecular weight excluding hydrogens is 1500 g/mol. The number of nitrogen functional groups attached to an aromatic ring is 1. The smallest absolute Gasteiger partial charge is 0.312 e. The van der Waals surface area contributed by atoms with Crippen LogP contribution in [0.2, 0.25) is 0 Å². The van der Waals surface area contributed by atoms with Gasteiger partial charge in [-0.15, -0.1) is 0 Å². The summed E-state index contributed by atoms with van der Waals surface area (Å²) in [5, 5.41) is 13.7. The molecule has 109 heavy (non-hydrogen) atoms. The number of fused-ring (bicyclic) bond motifs is 3. The van der Waals surface area contributed by atoms with Crippen molar-refractivity contribution in [3.63, 3.8) is 0 Å². The summed E-state index contributed by atoms with van der Waals surface area (Å²) >= 11 is 0. The van der Waals surface area contributed by atoms with Crippen molar-refractivity contribution in [1.29, 1.82) is 10.5 Å². The minimum Gasteiger partial charge on any atom is -0.460 e. The lowest BCUT2D eigenvalue weighted by Gasteiger charge is -2.49. The molecule has 36 heteroatoms. The fourth-order valence-electron chi connectivity index (χ4n) is 13.8. The molecule has 5 aromatic rings. The first-order chi connectivity index (χ1) is 50.0. The van der Waals surface area contributed by atoms with Crippen molar-refractivity contribution in [3.8, 4) is 12.1 Å². The van der Waals surface area contributed by atoms with Crippen LogP contribution in [-0.2, 0) is 77.7 Å². The largest absolute Gasteiger partial charge is 0.460 e. The number of ketones is 2. The molecule has 0 radical (unpaired) electrons. The van der Waals surface area contributed by atoms with Crippen LogP contribution in [0.4, 0.5) is 45.3 Å². The van der Waals surface area contributed by atoms with E-state index in [1.807, 2.05) is 12.1 Å². The molecule has 0 amide bonds. The number of carbonyl (C=O) groups excluding carboxylic acids is 4. The third kappa shape index (κ3) is 16.4. The van der Waals surface area contributed by atoms with Gasteiger partial charge in [0.1, 0.15) is 122 Å². The van der Waals surface area contributed by atoms with E-state index < -0.39 is 191 Å². The number of hydrogen-bond acceptors (Lipinski definition) is 24. The van der Waals surface area contributed by atoms with E-state index >= 15 is 8.78 Å². The minimum absolute atomic E-state index is 0.0395. The molecule has 0 saturated carbocycles. The van der Waals surface area contributed by atoms with E-state index in [-0.39, 0.29) is 93.3 Å². The van der Waals surface area contributed by atoms with Gasteiger partial charge in [-0.2, -0.15) is 10.5 Å². The normalized spacial score (nSPS) is 28.5. The molecule has 0 fully saturated rings. The average Bonchev–Trinajstić information content (AvgIpc) is 0.707. The summed E-state index contributed by atoms with van der Waals surface area (Å²) < 4.78 is 195. The molecular formula is C73H84F9N15O9S3. The molecule has 5 aromatic heterocycles. The molecule has 24 nitrogen and oxygen atoms in total. The molecule has 0 unspecified atom stereocenters. The first-order valence-electron chi connectivity index (χ1n) is 34.2. The Hall–Kier alpha value is -9.16. The number of hydrogen-bond donors (Lipinski definition) is 2. The summed E-state index contributed by atoms with van der Waals surface area (Å²) in [7, 11) is -10.4. The maximum atomic E-state index is 15.6. The number of nitriles is 2. The Morgan fingerprint density at radius 2 is 0.798 bits per heavy atom. The number of rotatable bonds is 13. The van der Waals surface area contributed by atoms with E-state index in [1.54, 1.807) is 55.4 Å². The summed E-state index contributed by atoms with van der Waals surface area (Å²) in [4.78, 5) is 85.2. The van der Waals surface area contributed by atoms with Crippen molar-refractivity contribution in [1.82, 2.24) is 24.9 Å². The number of amidine groups is 1. The van der Waals surface area contributed by atoms with Crippen molar-refractivity contribution in [2.45, 2.75) is 224 Å². The summed E-state index contributed by atoms with van der Waals surface area (Å²) in [6.45, 7) is 20.6. The molecule has 9 atom stereocenters. The first-order valence-corrected chi connectivity index (χ1v) is 39.0. The van der Waals surface area contributed by atoms with Crippen LogP contribution in [0.5, 0.6) is 0 Å². The van der Waals surface area contributed by atoms with Gasteiger partial charge >= 0.3 is 11.9 Å². The van der Waals surface area contributed by atoms with E-state index in [0.717, 1.165) is 18.2 Å². The maximum Gasteiger partial charge on any atom is 0.312 e. The minimum atomic E-state index is -3.58. The Labute approximate surface area is 626 Å². The molecule has 0 spiro atoms. The summed E-state index contributed by atoms with van der Waals surface area (Å²) in [6, 6.07) is 16.4. The molecule has 0 saturated heterocycles. The second-order valence-corrected chi connectivity index (χ2v) is 40.4. The summed E-state index contributed by atoms with van der Waals surface area (Å²) in [5.41, 5.74) is 4.87. The number of halogens is 9. The number of pyridine rings is 5. The van der Waals surface area contributed by atoms with Gasteiger partial charge in [0.2, 0.25) is 0 Å². The highest BCUT2D eigenvalue weighted by molar-refractivity contribution is 7.97. The van der Waals surface area contributed by atoms with Gasteiger partial charge in [-0.1, -0.05) is 0 Å². The highest BCUT2D eigenvalue weighted by atomic mass is 32.2. The molecule has 0 bridgehead atoms. The lowest BCUT2D eigenvalue weighted by molar-refractivity contribution is -0.154. The SMILES string of the molecule is CC(C)(C)OC(=O)CC1=N[C@](C)(c2nc(CC(=O)c3ccc(C#N)cn3)ccc2F)[C@H]2CC(F)(F)CN=[S@]2(=O)C1(C)C.CC(C)(C)OC(=O)CC1=N[C@](C)(c2nc(N)ccc2F)[C@H]2CC(F)(F)CN=[S@]2(=O)C1(C)C.CC1(C)C(N)=N[C@](C)(c2nc(CC(=O)c3ccc(C#N)cn3)ccc2F)[C@H]2CC(F)(F)CN=[S@@]21=O. The fraction of sp³-hybridized carbons (Fsp3) is 0.534. The zero-order chi connectivity index (χ0) is 81.4. The van der Waals surface area contributed by atoms with Crippen LogP contribution in [0, 0.1) is 40.1 Å².